The van der Waals surface area contributed by atoms with Gasteiger partial charge in [0.1, 0.15) is 5.82 Å². The van der Waals surface area contributed by atoms with Gasteiger partial charge in [0.15, 0.2) is 22.5 Å². The predicted octanol–water partition coefficient (Wildman–Crippen LogP) is 2.42. The van der Waals surface area contributed by atoms with Crippen molar-refractivity contribution < 1.29 is 18.3 Å². The summed E-state index contributed by atoms with van der Waals surface area (Å²) in [5.41, 5.74) is 5.75. The third kappa shape index (κ3) is 3.66. The maximum absolute atomic E-state index is 13.5. The molecule has 5 nitrogen and oxygen atoms in total. The van der Waals surface area contributed by atoms with E-state index in [1.807, 2.05) is 0 Å². The SMILES string of the molecule is COC(=O)c1cc(N)nc(SCc2cccc(F)c2F)n1. The van der Waals surface area contributed by atoms with Gasteiger partial charge >= 0.3 is 5.97 Å². The van der Waals surface area contributed by atoms with Gasteiger partial charge in [-0.3, -0.25) is 0 Å². The molecule has 0 aliphatic heterocycles. The second-order valence-electron chi connectivity index (χ2n) is 3.95. The molecular weight excluding hydrogens is 300 g/mol. The van der Waals surface area contributed by atoms with Crippen LogP contribution in [-0.2, 0) is 10.5 Å². The van der Waals surface area contributed by atoms with Crippen LogP contribution in [0.1, 0.15) is 16.1 Å². The number of halogens is 2. The lowest BCUT2D eigenvalue weighted by Gasteiger charge is -2.05. The topological polar surface area (TPSA) is 78.1 Å². The molecule has 0 atom stereocenters. The smallest absolute Gasteiger partial charge is 0.356 e. The molecule has 1 aromatic carbocycles. The predicted molar refractivity (Wildman–Crippen MR) is 73.7 cm³/mol. The van der Waals surface area contributed by atoms with Gasteiger partial charge in [-0.25, -0.2) is 23.5 Å². The van der Waals surface area contributed by atoms with E-state index in [4.69, 9.17) is 5.73 Å². The highest BCUT2D eigenvalue weighted by Gasteiger charge is 2.13. The average Bonchev–Trinajstić information content (AvgIpc) is 2.47. The summed E-state index contributed by atoms with van der Waals surface area (Å²) in [7, 11) is 1.22. The van der Waals surface area contributed by atoms with Gasteiger partial charge in [-0.15, -0.1) is 0 Å². The Balaban J connectivity index is 2.18. The number of benzene rings is 1. The molecule has 1 heterocycles. The monoisotopic (exact) mass is 311 g/mol. The Labute approximate surface area is 123 Å². The number of nitrogens with zero attached hydrogens (tertiary/aromatic N) is 2. The number of hydrogen-bond acceptors (Lipinski definition) is 6. The van der Waals surface area contributed by atoms with E-state index in [9.17, 15) is 13.6 Å². The van der Waals surface area contributed by atoms with Crippen molar-refractivity contribution in [3.05, 3.63) is 47.2 Å². The van der Waals surface area contributed by atoms with E-state index in [2.05, 4.69) is 14.7 Å². The van der Waals surface area contributed by atoms with Crippen LogP contribution >= 0.6 is 11.8 Å². The van der Waals surface area contributed by atoms with Crippen molar-refractivity contribution in [1.29, 1.82) is 0 Å². The lowest BCUT2D eigenvalue weighted by molar-refractivity contribution is 0.0593. The summed E-state index contributed by atoms with van der Waals surface area (Å²) in [6, 6.07) is 5.18. The lowest BCUT2D eigenvalue weighted by atomic mass is 10.2. The fourth-order valence-electron chi connectivity index (χ4n) is 1.52. The largest absolute Gasteiger partial charge is 0.464 e. The number of aromatic nitrogens is 2. The van der Waals surface area contributed by atoms with Crippen LogP contribution < -0.4 is 5.73 Å². The highest BCUT2D eigenvalue weighted by Crippen LogP contribution is 2.23. The van der Waals surface area contributed by atoms with Crippen LogP contribution in [0.5, 0.6) is 0 Å². The molecule has 2 aromatic rings. The number of hydrogen-bond donors (Lipinski definition) is 1. The Morgan fingerprint density at radius 3 is 2.86 bits per heavy atom. The van der Waals surface area contributed by atoms with Gasteiger partial charge in [0.05, 0.1) is 7.11 Å². The van der Waals surface area contributed by atoms with E-state index in [1.165, 1.54) is 25.3 Å². The van der Waals surface area contributed by atoms with Gasteiger partial charge in [-0.1, -0.05) is 23.9 Å². The molecule has 0 radical (unpaired) electrons. The summed E-state index contributed by atoms with van der Waals surface area (Å²) in [6.45, 7) is 0. The third-order valence-electron chi connectivity index (χ3n) is 2.51. The molecule has 0 saturated carbocycles. The zero-order valence-corrected chi connectivity index (χ0v) is 11.8. The minimum Gasteiger partial charge on any atom is -0.464 e. The quantitative estimate of drug-likeness (QED) is 0.531. The molecule has 8 heteroatoms. The molecule has 0 bridgehead atoms. The zero-order valence-electron chi connectivity index (χ0n) is 11.0. The minimum atomic E-state index is -0.920. The van der Waals surface area contributed by atoms with Crippen molar-refractivity contribution in [3.63, 3.8) is 0 Å². The Morgan fingerprint density at radius 1 is 1.38 bits per heavy atom. The summed E-state index contributed by atoms with van der Waals surface area (Å²) in [6.07, 6.45) is 0. The minimum absolute atomic E-state index is 0.00668. The first-order chi connectivity index (χ1) is 10.0. The number of carbonyl (C=O) groups excluding carboxylic acids is 1. The van der Waals surface area contributed by atoms with Crippen molar-refractivity contribution in [3.8, 4) is 0 Å². The number of anilines is 1. The first-order valence-electron chi connectivity index (χ1n) is 5.80. The summed E-state index contributed by atoms with van der Waals surface area (Å²) < 4.78 is 31.1. The maximum atomic E-state index is 13.5. The van der Waals surface area contributed by atoms with Crippen LogP contribution in [0.3, 0.4) is 0 Å². The maximum Gasteiger partial charge on any atom is 0.356 e. The van der Waals surface area contributed by atoms with Crippen molar-refractivity contribution in [2.75, 3.05) is 12.8 Å². The van der Waals surface area contributed by atoms with Crippen LogP contribution in [0.2, 0.25) is 0 Å². The van der Waals surface area contributed by atoms with E-state index < -0.39 is 17.6 Å². The highest BCUT2D eigenvalue weighted by molar-refractivity contribution is 7.98. The van der Waals surface area contributed by atoms with Gasteiger partial charge in [0.25, 0.3) is 0 Å². The Kier molecular flexibility index (Phi) is 4.69. The summed E-state index contributed by atoms with van der Waals surface area (Å²) in [5, 5.41) is 0.180. The van der Waals surface area contributed by atoms with Gasteiger partial charge in [-0.05, 0) is 6.07 Å². The second kappa shape index (κ2) is 6.49. The number of carbonyl (C=O) groups is 1. The second-order valence-corrected chi connectivity index (χ2v) is 4.90. The highest BCUT2D eigenvalue weighted by atomic mass is 32.2. The number of esters is 1. The van der Waals surface area contributed by atoms with E-state index in [0.29, 0.717) is 0 Å². The molecule has 0 aliphatic carbocycles. The molecule has 2 N–H and O–H groups in total. The average molecular weight is 311 g/mol. The molecule has 0 saturated heterocycles. The van der Waals surface area contributed by atoms with Gasteiger partial charge < -0.3 is 10.5 Å². The van der Waals surface area contributed by atoms with Crippen LogP contribution in [-0.4, -0.2) is 23.0 Å². The van der Waals surface area contributed by atoms with Crippen molar-refractivity contribution in [2.45, 2.75) is 10.9 Å². The fraction of sp³-hybridized carbons (Fsp3) is 0.154. The zero-order chi connectivity index (χ0) is 15.4. The summed E-state index contributed by atoms with van der Waals surface area (Å²) >= 11 is 1.04. The first-order valence-corrected chi connectivity index (χ1v) is 6.78. The third-order valence-corrected chi connectivity index (χ3v) is 3.40. The van der Waals surface area contributed by atoms with Gasteiger partial charge in [0.2, 0.25) is 0 Å². The Hall–Kier alpha value is -2.22. The molecule has 21 heavy (non-hydrogen) atoms. The Morgan fingerprint density at radius 2 is 2.14 bits per heavy atom. The molecular formula is C13H11F2N3O2S. The molecule has 1 aromatic heterocycles. The Bertz CT molecular complexity index is 682. The first kappa shape index (κ1) is 15.2. The molecule has 110 valence electrons. The molecule has 0 unspecified atom stereocenters. The number of methoxy groups -OCH3 is 1. The number of rotatable bonds is 4. The number of nitrogens with two attached hydrogens (primary N) is 1. The van der Waals surface area contributed by atoms with Crippen molar-refractivity contribution in [1.82, 2.24) is 9.97 Å². The summed E-state index contributed by atoms with van der Waals surface area (Å²) in [5.74, 6) is -2.29. The summed E-state index contributed by atoms with van der Waals surface area (Å²) in [4.78, 5) is 19.3. The number of thioether (sulfide) groups is 1. The van der Waals surface area contributed by atoms with Crippen molar-refractivity contribution >= 4 is 23.5 Å². The molecule has 2 rings (SSSR count). The van der Waals surface area contributed by atoms with Crippen LogP contribution in [0.25, 0.3) is 0 Å². The van der Waals surface area contributed by atoms with Crippen LogP contribution in [0, 0.1) is 11.6 Å². The standard InChI is InChI=1S/C13H11F2N3O2S/c1-20-12(19)9-5-10(16)18-13(17-9)21-6-7-3-2-4-8(14)11(7)15/h2-5H,6H2,1H3,(H2,16,17,18). The van der Waals surface area contributed by atoms with E-state index in [1.54, 1.807) is 0 Å². The van der Waals surface area contributed by atoms with E-state index >= 15 is 0 Å². The van der Waals surface area contributed by atoms with E-state index in [-0.39, 0.29) is 28.0 Å². The molecule has 0 spiro atoms. The van der Waals surface area contributed by atoms with Crippen LogP contribution in [0.15, 0.2) is 29.4 Å². The van der Waals surface area contributed by atoms with E-state index in [0.717, 1.165) is 17.8 Å². The van der Waals surface area contributed by atoms with Gasteiger partial charge in [0, 0.05) is 17.4 Å². The normalized spacial score (nSPS) is 10.4. The van der Waals surface area contributed by atoms with Gasteiger partial charge in [-0.2, -0.15) is 0 Å². The molecule has 0 amide bonds. The van der Waals surface area contributed by atoms with Crippen LogP contribution in [0.4, 0.5) is 14.6 Å². The number of ether oxygens (including phenoxy) is 1. The lowest BCUT2D eigenvalue weighted by Crippen LogP contribution is -2.07. The molecule has 0 aliphatic rings. The van der Waals surface area contributed by atoms with Crippen molar-refractivity contribution in [2.24, 2.45) is 0 Å². The number of nitrogen functional groups attached to an aromatic ring is 1. The fourth-order valence-corrected chi connectivity index (χ4v) is 2.36. The molecule has 0 fully saturated rings.